The van der Waals surface area contributed by atoms with Crippen LogP contribution >= 0.6 is 0 Å². The molecule has 2 aromatic rings. The number of methoxy groups -OCH3 is 1. The van der Waals surface area contributed by atoms with Crippen molar-refractivity contribution in [2.45, 2.75) is 17.9 Å². The number of nitrogens with one attached hydrogen (secondary N) is 2. The van der Waals surface area contributed by atoms with Crippen LogP contribution in [0.1, 0.15) is 18.5 Å². The van der Waals surface area contributed by atoms with Gasteiger partial charge in [0.05, 0.1) is 7.11 Å². The second-order valence-corrected chi connectivity index (χ2v) is 6.47. The molecule has 2 rings (SSSR count). The lowest BCUT2D eigenvalue weighted by atomic mass is 10.1. The summed E-state index contributed by atoms with van der Waals surface area (Å²) in [5, 5.41) is 6.00. The van der Waals surface area contributed by atoms with Crippen LogP contribution < -0.4 is 10.6 Å². The van der Waals surface area contributed by atoms with E-state index in [0.29, 0.717) is 5.69 Å². The highest BCUT2D eigenvalue weighted by atomic mass is 32.2. The first-order valence-corrected chi connectivity index (χ1v) is 8.70. The third-order valence-corrected chi connectivity index (χ3v) is 4.33. The highest BCUT2D eigenvalue weighted by Crippen LogP contribution is 2.22. The molecular formula is C17H20N2O3S. The highest BCUT2D eigenvalue weighted by Gasteiger charge is 2.07. The molecular weight excluding hydrogens is 312 g/mol. The molecule has 2 aromatic carbocycles. The van der Waals surface area contributed by atoms with E-state index in [1.807, 2.05) is 49.4 Å². The van der Waals surface area contributed by atoms with E-state index in [4.69, 9.17) is 0 Å². The van der Waals surface area contributed by atoms with Gasteiger partial charge in [-0.15, -0.1) is 0 Å². The zero-order valence-corrected chi connectivity index (χ0v) is 14.1. The van der Waals surface area contributed by atoms with Crippen molar-refractivity contribution in [2.24, 2.45) is 0 Å². The molecule has 0 spiro atoms. The van der Waals surface area contributed by atoms with Crippen molar-refractivity contribution in [3.63, 3.8) is 0 Å². The first-order valence-electron chi connectivity index (χ1n) is 7.14. The van der Waals surface area contributed by atoms with Gasteiger partial charge in [0.15, 0.2) is 0 Å². The molecule has 0 aliphatic carbocycles. The van der Waals surface area contributed by atoms with Gasteiger partial charge in [-0.25, -0.2) is 4.79 Å². The van der Waals surface area contributed by atoms with Crippen LogP contribution in [0.25, 0.3) is 0 Å². The molecule has 0 heterocycles. The molecule has 0 aliphatic heterocycles. The van der Waals surface area contributed by atoms with Gasteiger partial charge in [0, 0.05) is 39.4 Å². The predicted octanol–water partition coefficient (Wildman–Crippen LogP) is 3.78. The zero-order valence-electron chi connectivity index (χ0n) is 13.3. The Labute approximate surface area is 138 Å². The molecule has 23 heavy (non-hydrogen) atoms. The predicted molar refractivity (Wildman–Crippen MR) is 93.3 cm³/mol. The second-order valence-electron chi connectivity index (χ2n) is 5.09. The summed E-state index contributed by atoms with van der Waals surface area (Å²) in [5.74, 6) is 0. The molecule has 0 saturated carbocycles. The van der Waals surface area contributed by atoms with Gasteiger partial charge in [0.2, 0.25) is 0 Å². The first kappa shape index (κ1) is 17.0. The summed E-state index contributed by atoms with van der Waals surface area (Å²) in [4.78, 5) is 12.1. The molecule has 0 bridgehead atoms. The summed E-state index contributed by atoms with van der Waals surface area (Å²) >= 11 is 0. The van der Waals surface area contributed by atoms with Gasteiger partial charge in [-0.1, -0.05) is 18.2 Å². The molecule has 0 aromatic heterocycles. The number of ether oxygens (including phenoxy) is 1. The number of benzene rings is 2. The van der Waals surface area contributed by atoms with Crippen molar-refractivity contribution in [1.82, 2.24) is 0 Å². The Morgan fingerprint density at radius 3 is 2.39 bits per heavy atom. The maximum absolute atomic E-state index is 11.4. The molecule has 122 valence electrons. The van der Waals surface area contributed by atoms with Crippen LogP contribution in [0, 0.1) is 0 Å². The smallest absolute Gasteiger partial charge is 0.411 e. The molecule has 2 N–H and O–H groups in total. The van der Waals surface area contributed by atoms with Crippen LogP contribution in [-0.4, -0.2) is 23.7 Å². The minimum absolute atomic E-state index is 0.0720. The van der Waals surface area contributed by atoms with E-state index < -0.39 is 16.9 Å². The van der Waals surface area contributed by atoms with E-state index in [2.05, 4.69) is 15.4 Å². The van der Waals surface area contributed by atoms with Gasteiger partial charge in [-0.3, -0.25) is 9.53 Å². The molecule has 0 fully saturated rings. The zero-order chi connectivity index (χ0) is 16.8. The lowest BCUT2D eigenvalue weighted by molar-refractivity contribution is 0.187. The van der Waals surface area contributed by atoms with E-state index in [0.717, 1.165) is 16.1 Å². The summed E-state index contributed by atoms with van der Waals surface area (Å²) in [6, 6.07) is 15.1. The van der Waals surface area contributed by atoms with E-state index in [-0.39, 0.29) is 6.04 Å². The minimum Gasteiger partial charge on any atom is -0.453 e. The number of anilines is 2. The number of hydrogen-bond acceptors (Lipinski definition) is 4. The van der Waals surface area contributed by atoms with Crippen molar-refractivity contribution in [1.29, 1.82) is 0 Å². The largest absolute Gasteiger partial charge is 0.453 e. The van der Waals surface area contributed by atoms with Crippen LogP contribution in [0.4, 0.5) is 16.2 Å². The lowest BCUT2D eigenvalue weighted by Crippen LogP contribution is -2.11. The highest BCUT2D eigenvalue weighted by molar-refractivity contribution is 7.84. The third kappa shape index (κ3) is 4.82. The molecule has 6 heteroatoms. The second kappa shape index (κ2) is 7.78. The number of carbonyl (C=O) groups excluding carboxylic acids is 1. The minimum atomic E-state index is -0.971. The fourth-order valence-electron chi connectivity index (χ4n) is 2.14. The van der Waals surface area contributed by atoms with Gasteiger partial charge < -0.3 is 10.1 Å². The maximum atomic E-state index is 11.4. The van der Waals surface area contributed by atoms with Crippen molar-refractivity contribution in [3.8, 4) is 0 Å². The van der Waals surface area contributed by atoms with Crippen molar-refractivity contribution in [2.75, 3.05) is 24.0 Å². The number of amides is 1. The van der Waals surface area contributed by atoms with Gasteiger partial charge in [-0.05, 0) is 42.8 Å². The van der Waals surface area contributed by atoms with Gasteiger partial charge in [0.25, 0.3) is 0 Å². The Morgan fingerprint density at radius 1 is 1.13 bits per heavy atom. The molecule has 0 aliphatic rings. The molecule has 5 nitrogen and oxygen atoms in total. The Bertz CT molecular complexity index is 701. The quantitative estimate of drug-likeness (QED) is 0.874. The fraction of sp³-hybridized carbons (Fsp3) is 0.235. The monoisotopic (exact) mass is 332 g/mol. The van der Waals surface area contributed by atoms with Crippen LogP contribution in [0.15, 0.2) is 53.4 Å². The van der Waals surface area contributed by atoms with E-state index in [1.54, 1.807) is 12.3 Å². The summed E-state index contributed by atoms with van der Waals surface area (Å²) in [5.41, 5.74) is 2.63. The summed E-state index contributed by atoms with van der Waals surface area (Å²) in [7, 11) is 0.355. The number of carbonyl (C=O) groups is 1. The summed E-state index contributed by atoms with van der Waals surface area (Å²) in [6.07, 6.45) is 1.16. The van der Waals surface area contributed by atoms with Gasteiger partial charge >= 0.3 is 6.09 Å². The van der Waals surface area contributed by atoms with Gasteiger partial charge in [-0.2, -0.15) is 0 Å². The van der Waals surface area contributed by atoms with Crippen molar-refractivity contribution < 1.29 is 13.7 Å². The SMILES string of the molecule is COC(=O)Nc1cccc(N[C@H](C)c2ccc([S@](C)=O)cc2)c1. The topological polar surface area (TPSA) is 67.4 Å². The Morgan fingerprint density at radius 2 is 1.78 bits per heavy atom. The van der Waals surface area contributed by atoms with Crippen LogP contribution in [-0.2, 0) is 15.5 Å². The van der Waals surface area contributed by atoms with Crippen LogP contribution in [0.2, 0.25) is 0 Å². The molecule has 1 amide bonds. The molecule has 0 radical (unpaired) electrons. The standard InChI is InChI=1S/C17H20N2O3S/c1-12(13-7-9-16(10-8-13)23(3)21)18-14-5-4-6-15(11-14)19-17(20)22-2/h4-12,18H,1-3H3,(H,19,20)/t12-,23+/m1/s1. The Balaban J connectivity index is 2.07. The normalized spacial score (nSPS) is 13.0. The Hall–Kier alpha value is -2.34. The van der Waals surface area contributed by atoms with Crippen molar-refractivity contribution >= 4 is 28.3 Å². The third-order valence-electron chi connectivity index (χ3n) is 3.39. The number of rotatable bonds is 5. The summed E-state index contributed by atoms with van der Waals surface area (Å²) in [6.45, 7) is 2.04. The summed E-state index contributed by atoms with van der Waals surface area (Å²) < 4.78 is 16.0. The first-order chi connectivity index (χ1) is 11.0. The maximum Gasteiger partial charge on any atom is 0.411 e. The average Bonchev–Trinajstić information content (AvgIpc) is 2.55. The van der Waals surface area contributed by atoms with E-state index >= 15 is 0 Å². The lowest BCUT2D eigenvalue weighted by Gasteiger charge is -2.17. The van der Waals surface area contributed by atoms with Crippen molar-refractivity contribution in [3.05, 3.63) is 54.1 Å². The molecule has 0 saturated heterocycles. The Kier molecular flexibility index (Phi) is 5.76. The van der Waals surface area contributed by atoms with Gasteiger partial charge in [0.1, 0.15) is 0 Å². The number of hydrogen-bond donors (Lipinski definition) is 2. The van der Waals surface area contributed by atoms with Crippen LogP contribution in [0.3, 0.4) is 0 Å². The molecule has 0 unspecified atom stereocenters. The van der Waals surface area contributed by atoms with E-state index in [9.17, 15) is 9.00 Å². The average molecular weight is 332 g/mol. The van der Waals surface area contributed by atoms with Crippen LogP contribution in [0.5, 0.6) is 0 Å². The fourth-order valence-corrected chi connectivity index (χ4v) is 2.66. The van der Waals surface area contributed by atoms with E-state index in [1.165, 1.54) is 7.11 Å². The molecule has 2 atom stereocenters.